The number of carbonyl (C=O) groups is 3. The van der Waals surface area contributed by atoms with E-state index in [2.05, 4.69) is 15.2 Å². The summed E-state index contributed by atoms with van der Waals surface area (Å²) in [5.41, 5.74) is 2.46. The lowest BCUT2D eigenvalue weighted by Crippen LogP contribution is -2.54. The number of imide groups is 1. The Balaban J connectivity index is 1.24. The zero-order valence-electron chi connectivity index (χ0n) is 21.4. The number of morpholine rings is 1. The molecule has 9 heteroatoms. The molecule has 1 unspecified atom stereocenters. The molecular formula is C27H35N5O4. The van der Waals surface area contributed by atoms with Crippen molar-refractivity contribution in [1.82, 2.24) is 25.0 Å². The smallest absolute Gasteiger partial charge is 0.325 e. The van der Waals surface area contributed by atoms with Crippen molar-refractivity contribution in [3.8, 4) is 0 Å². The quantitative estimate of drug-likeness (QED) is 0.643. The molecule has 4 heterocycles. The number of likely N-dealkylation sites (tertiary alicyclic amines) is 1. The number of pyridine rings is 1. The van der Waals surface area contributed by atoms with E-state index in [4.69, 9.17) is 4.74 Å². The minimum absolute atomic E-state index is 0.00590. The number of nitrogens with one attached hydrogen (secondary N) is 1. The second kappa shape index (κ2) is 9.78. The average Bonchev–Trinajstić information content (AvgIpc) is 3.11. The van der Waals surface area contributed by atoms with E-state index in [1.807, 2.05) is 49.9 Å². The van der Waals surface area contributed by atoms with Crippen LogP contribution >= 0.6 is 0 Å². The normalized spacial score (nSPS) is 24.0. The molecule has 1 N–H and O–H groups in total. The maximum Gasteiger partial charge on any atom is 0.325 e. The van der Waals surface area contributed by atoms with Crippen LogP contribution in [0.1, 0.15) is 41.4 Å². The van der Waals surface area contributed by atoms with E-state index in [1.54, 1.807) is 0 Å². The van der Waals surface area contributed by atoms with Crippen molar-refractivity contribution < 1.29 is 19.1 Å². The lowest BCUT2D eigenvalue weighted by molar-refractivity contribution is -0.133. The Labute approximate surface area is 211 Å². The van der Waals surface area contributed by atoms with Crippen molar-refractivity contribution in [1.29, 1.82) is 0 Å². The molecule has 2 aromatic rings. The molecule has 9 nitrogen and oxygen atoms in total. The molecule has 0 aliphatic carbocycles. The Morgan fingerprint density at radius 3 is 2.53 bits per heavy atom. The number of rotatable bonds is 5. The summed E-state index contributed by atoms with van der Waals surface area (Å²) in [6.45, 7) is 10.9. The Morgan fingerprint density at radius 2 is 1.81 bits per heavy atom. The van der Waals surface area contributed by atoms with E-state index in [1.165, 1.54) is 4.90 Å². The first-order valence-corrected chi connectivity index (χ1v) is 12.9. The van der Waals surface area contributed by atoms with E-state index in [-0.39, 0.29) is 23.8 Å². The Bertz CT molecular complexity index is 1190. The van der Waals surface area contributed by atoms with Crippen molar-refractivity contribution in [3.63, 3.8) is 0 Å². The van der Waals surface area contributed by atoms with Crippen LogP contribution in [-0.2, 0) is 9.53 Å². The fraction of sp³-hybridized carbons (Fsp3) is 0.556. The summed E-state index contributed by atoms with van der Waals surface area (Å²) in [6, 6.07) is 7.53. The Kier molecular flexibility index (Phi) is 6.70. The van der Waals surface area contributed by atoms with Crippen LogP contribution in [0.15, 0.2) is 24.3 Å². The van der Waals surface area contributed by atoms with Gasteiger partial charge in [-0.3, -0.25) is 24.4 Å². The van der Waals surface area contributed by atoms with Gasteiger partial charge >= 0.3 is 6.03 Å². The summed E-state index contributed by atoms with van der Waals surface area (Å²) in [4.78, 5) is 49.7. The molecule has 5 rings (SSSR count). The Hall–Kier alpha value is -3.04. The number of carbonyl (C=O) groups excluding carboxylic acids is 3. The largest absolute Gasteiger partial charge is 0.379 e. The molecule has 192 valence electrons. The number of hydrogen-bond donors (Lipinski definition) is 1. The predicted molar refractivity (Wildman–Crippen MR) is 136 cm³/mol. The molecule has 4 amide bonds. The van der Waals surface area contributed by atoms with Gasteiger partial charge in [0.1, 0.15) is 5.54 Å². The van der Waals surface area contributed by atoms with Crippen LogP contribution < -0.4 is 5.32 Å². The van der Waals surface area contributed by atoms with Crippen LogP contribution in [0.25, 0.3) is 10.9 Å². The highest BCUT2D eigenvalue weighted by Crippen LogP contribution is 2.34. The fourth-order valence-electron chi connectivity index (χ4n) is 5.74. The van der Waals surface area contributed by atoms with Gasteiger partial charge in [-0.25, -0.2) is 4.79 Å². The van der Waals surface area contributed by atoms with Gasteiger partial charge in [0.05, 0.1) is 24.3 Å². The minimum Gasteiger partial charge on any atom is -0.379 e. The number of benzene rings is 1. The summed E-state index contributed by atoms with van der Waals surface area (Å²) >= 11 is 0. The molecule has 0 bridgehead atoms. The number of aromatic nitrogens is 1. The molecule has 3 saturated heterocycles. The second-order valence-corrected chi connectivity index (χ2v) is 10.4. The third-order valence-corrected chi connectivity index (χ3v) is 7.97. The predicted octanol–water partition coefficient (Wildman–Crippen LogP) is 2.35. The topological polar surface area (TPSA) is 95.1 Å². The molecule has 1 atom stereocenters. The SMILES string of the molecule is Cc1ccc2nc(C)cc(C(=O)N3CCC(C4(C)NC(=O)N(CCN5CCOCC5)C4=O)CC3)c2c1. The third kappa shape index (κ3) is 4.57. The van der Waals surface area contributed by atoms with E-state index in [0.29, 0.717) is 57.8 Å². The van der Waals surface area contributed by atoms with Crippen LogP contribution in [-0.4, -0.2) is 95.6 Å². The monoisotopic (exact) mass is 493 g/mol. The molecule has 3 fully saturated rings. The van der Waals surface area contributed by atoms with Gasteiger partial charge in [0.15, 0.2) is 0 Å². The number of hydrogen-bond acceptors (Lipinski definition) is 6. The summed E-state index contributed by atoms with van der Waals surface area (Å²) < 4.78 is 5.38. The molecule has 0 spiro atoms. The van der Waals surface area contributed by atoms with E-state index in [0.717, 1.165) is 35.2 Å². The number of fused-ring (bicyclic) bond motifs is 1. The molecule has 1 aromatic carbocycles. The van der Waals surface area contributed by atoms with Crippen LogP contribution in [0.2, 0.25) is 0 Å². The van der Waals surface area contributed by atoms with E-state index >= 15 is 0 Å². The van der Waals surface area contributed by atoms with Crippen molar-refractivity contribution in [2.75, 3.05) is 52.5 Å². The fourth-order valence-corrected chi connectivity index (χ4v) is 5.74. The Morgan fingerprint density at radius 1 is 1.08 bits per heavy atom. The van der Waals surface area contributed by atoms with Crippen LogP contribution in [0.4, 0.5) is 4.79 Å². The first kappa shape index (κ1) is 24.6. The van der Waals surface area contributed by atoms with Gasteiger partial charge in [0, 0.05) is 50.3 Å². The van der Waals surface area contributed by atoms with Crippen LogP contribution in [0.5, 0.6) is 0 Å². The number of aryl methyl sites for hydroxylation is 2. The summed E-state index contributed by atoms with van der Waals surface area (Å²) in [5, 5.41) is 3.85. The molecule has 0 saturated carbocycles. The van der Waals surface area contributed by atoms with E-state index in [9.17, 15) is 14.4 Å². The zero-order valence-corrected chi connectivity index (χ0v) is 21.4. The molecule has 1 aromatic heterocycles. The maximum atomic E-state index is 13.5. The summed E-state index contributed by atoms with van der Waals surface area (Å²) in [5.74, 6) is -0.185. The lowest BCUT2D eigenvalue weighted by Gasteiger charge is -2.39. The minimum atomic E-state index is -0.936. The second-order valence-electron chi connectivity index (χ2n) is 10.4. The first-order chi connectivity index (χ1) is 17.3. The lowest BCUT2D eigenvalue weighted by atomic mass is 9.78. The third-order valence-electron chi connectivity index (χ3n) is 7.97. The summed E-state index contributed by atoms with van der Waals surface area (Å²) in [6.07, 6.45) is 1.32. The number of nitrogens with zero attached hydrogens (tertiary/aromatic N) is 4. The highest BCUT2D eigenvalue weighted by molar-refractivity contribution is 6.07. The maximum absolute atomic E-state index is 13.5. The standard InChI is InChI=1S/C27H35N5O4/c1-18-4-5-23-21(16-18)22(17-19(2)28-23)24(33)31-8-6-20(7-9-31)27(3)25(34)32(26(35)29-27)11-10-30-12-14-36-15-13-30/h4-5,16-17,20H,6-15H2,1-3H3,(H,29,35). The number of ether oxygens (including phenoxy) is 1. The van der Waals surface area contributed by atoms with Crippen molar-refractivity contribution >= 4 is 28.7 Å². The van der Waals surface area contributed by atoms with Crippen LogP contribution in [0, 0.1) is 19.8 Å². The van der Waals surface area contributed by atoms with Crippen molar-refractivity contribution in [3.05, 3.63) is 41.1 Å². The van der Waals surface area contributed by atoms with Crippen molar-refractivity contribution in [2.24, 2.45) is 5.92 Å². The number of urea groups is 1. The van der Waals surface area contributed by atoms with Gasteiger partial charge in [-0.05, 0) is 57.7 Å². The van der Waals surface area contributed by atoms with E-state index < -0.39 is 5.54 Å². The van der Waals surface area contributed by atoms with Gasteiger partial charge in [-0.2, -0.15) is 0 Å². The molecule has 36 heavy (non-hydrogen) atoms. The number of amides is 4. The molecule has 3 aliphatic heterocycles. The van der Waals surface area contributed by atoms with Gasteiger partial charge in [0.25, 0.3) is 11.8 Å². The zero-order chi connectivity index (χ0) is 25.4. The first-order valence-electron chi connectivity index (χ1n) is 12.9. The summed E-state index contributed by atoms with van der Waals surface area (Å²) in [7, 11) is 0. The highest BCUT2D eigenvalue weighted by Gasteiger charge is 2.52. The van der Waals surface area contributed by atoms with Crippen molar-refractivity contribution in [2.45, 2.75) is 39.2 Å². The number of piperidine rings is 1. The average molecular weight is 494 g/mol. The highest BCUT2D eigenvalue weighted by atomic mass is 16.5. The van der Waals surface area contributed by atoms with Gasteiger partial charge in [0.2, 0.25) is 0 Å². The van der Waals surface area contributed by atoms with Gasteiger partial charge in [-0.15, -0.1) is 0 Å². The van der Waals surface area contributed by atoms with Gasteiger partial charge in [-0.1, -0.05) is 11.6 Å². The van der Waals surface area contributed by atoms with Crippen LogP contribution in [0.3, 0.4) is 0 Å². The molecule has 0 radical (unpaired) electrons. The van der Waals surface area contributed by atoms with Gasteiger partial charge < -0.3 is 15.0 Å². The molecular weight excluding hydrogens is 458 g/mol. The molecule has 3 aliphatic rings.